The molecule has 3 heterocycles. The van der Waals surface area contributed by atoms with Gasteiger partial charge in [0.25, 0.3) is 11.8 Å². The lowest BCUT2D eigenvalue weighted by atomic mass is 10.1. The van der Waals surface area contributed by atoms with E-state index in [1.807, 2.05) is 37.3 Å². The molecule has 0 saturated heterocycles. The Labute approximate surface area is 132 Å². The van der Waals surface area contributed by atoms with Gasteiger partial charge in [-0.2, -0.15) is 5.10 Å². The molecule has 0 bridgehead atoms. The SMILES string of the molecule is Cc1[nH]nc2ncc3c(c12)C(=O)N(CCc1ccccc1)C3=O. The molecule has 114 valence electrons. The van der Waals surface area contributed by atoms with Gasteiger partial charge in [-0.3, -0.25) is 19.6 Å². The summed E-state index contributed by atoms with van der Waals surface area (Å²) in [6.07, 6.45) is 2.08. The van der Waals surface area contributed by atoms with Crippen LogP contribution in [0, 0.1) is 6.92 Å². The maximum Gasteiger partial charge on any atom is 0.263 e. The van der Waals surface area contributed by atoms with Gasteiger partial charge in [0.05, 0.1) is 16.5 Å². The van der Waals surface area contributed by atoms with Crippen molar-refractivity contribution in [2.75, 3.05) is 6.54 Å². The summed E-state index contributed by atoms with van der Waals surface area (Å²) in [4.78, 5) is 30.7. The first-order valence-corrected chi connectivity index (χ1v) is 7.40. The van der Waals surface area contributed by atoms with Crippen molar-refractivity contribution in [2.45, 2.75) is 13.3 Å². The molecule has 0 fully saturated rings. The zero-order valence-electron chi connectivity index (χ0n) is 12.5. The van der Waals surface area contributed by atoms with Crippen molar-refractivity contribution < 1.29 is 9.59 Å². The van der Waals surface area contributed by atoms with Crippen LogP contribution in [0.4, 0.5) is 0 Å². The Morgan fingerprint density at radius 2 is 1.91 bits per heavy atom. The predicted octanol–water partition coefficient (Wildman–Crippen LogP) is 2.11. The third-order valence-corrected chi connectivity index (χ3v) is 4.16. The number of aromatic amines is 1. The van der Waals surface area contributed by atoms with Crippen molar-refractivity contribution in [1.82, 2.24) is 20.1 Å². The highest BCUT2D eigenvalue weighted by atomic mass is 16.2. The van der Waals surface area contributed by atoms with E-state index in [1.165, 1.54) is 11.1 Å². The fourth-order valence-electron chi connectivity index (χ4n) is 2.98. The number of rotatable bonds is 3. The van der Waals surface area contributed by atoms with Crippen molar-refractivity contribution in [2.24, 2.45) is 0 Å². The lowest BCUT2D eigenvalue weighted by molar-refractivity contribution is 0.0656. The number of fused-ring (bicyclic) bond motifs is 3. The molecule has 6 heteroatoms. The standard InChI is InChI=1S/C17H14N4O2/c1-10-13-14-12(9-18-15(13)20-19-10)16(22)21(17(14)23)8-7-11-5-3-2-4-6-11/h2-6,9H,7-8H2,1H3,(H,18,19,20). The smallest absolute Gasteiger partial charge is 0.263 e. The zero-order chi connectivity index (χ0) is 16.0. The Morgan fingerprint density at radius 3 is 2.70 bits per heavy atom. The molecule has 3 aromatic rings. The number of carbonyl (C=O) groups excluding carboxylic acids is 2. The average molecular weight is 306 g/mol. The lowest BCUT2D eigenvalue weighted by Gasteiger charge is -2.13. The molecule has 0 aliphatic carbocycles. The summed E-state index contributed by atoms with van der Waals surface area (Å²) >= 11 is 0. The molecule has 1 aromatic carbocycles. The van der Waals surface area contributed by atoms with E-state index in [0.29, 0.717) is 35.1 Å². The van der Waals surface area contributed by atoms with Crippen LogP contribution in [-0.2, 0) is 6.42 Å². The van der Waals surface area contributed by atoms with Gasteiger partial charge < -0.3 is 0 Å². The highest BCUT2D eigenvalue weighted by Crippen LogP contribution is 2.29. The van der Waals surface area contributed by atoms with E-state index in [4.69, 9.17) is 0 Å². The number of aryl methyl sites for hydroxylation is 1. The summed E-state index contributed by atoms with van der Waals surface area (Å²) in [6, 6.07) is 9.80. The Hall–Kier alpha value is -3.02. The number of nitrogens with one attached hydrogen (secondary N) is 1. The Bertz CT molecular complexity index is 930. The molecule has 23 heavy (non-hydrogen) atoms. The predicted molar refractivity (Wildman–Crippen MR) is 84.1 cm³/mol. The number of benzene rings is 1. The fraction of sp³-hybridized carbons (Fsp3) is 0.176. The van der Waals surface area contributed by atoms with Crippen LogP contribution in [0.15, 0.2) is 36.5 Å². The molecular formula is C17H14N4O2. The van der Waals surface area contributed by atoms with Crippen LogP contribution in [0.2, 0.25) is 0 Å². The second-order valence-corrected chi connectivity index (χ2v) is 5.59. The van der Waals surface area contributed by atoms with Gasteiger partial charge in [0, 0.05) is 18.4 Å². The summed E-state index contributed by atoms with van der Waals surface area (Å²) in [5, 5.41) is 7.52. The van der Waals surface area contributed by atoms with Crippen LogP contribution < -0.4 is 0 Å². The molecule has 4 rings (SSSR count). The topological polar surface area (TPSA) is 79.0 Å². The first-order chi connectivity index (χ1) is 11.2. The summed E-state index contributed by atoms with van der Waals surface area (Å²) in [5.41, 5.74) is 3.08. The number of hydrogen-bond donors (Lipinski definition) is 1. The van der Waals surface area contributed by atoms with E-state index in [0.717, 1.165) is 11.3 Å². The highest BCUT2D eigenvalue weighted by molar-refractivity contribution is 6.26. The molecule has 0 atom stereocenters. The minimum Gasteiger partial charge on any atom is -0.280 e. The van der Waals surface area contributed by atoms with Gasteiger partial charge in [-0.05, 0) is 18.9 Å². The van der Waals surface area contributed by atoms with Gasteiger partial charge in [0.15, 0.2) is 5.65 Å². The molecule has 0 unspecified atom stereocenters. The number of aromatic nitrogens is 3. The fourth-order valence-corrected chi connectivity index (χ4v) is 2.98. The summed E-state index contributed by atoms with van der Waals surface area (Å²) < 4.78 is 0. The molecular weight excluding hydrogens is 292 g/mol. The van der Waals surface area contributed by atoms with Crippen molar-refractivity contribution in [3.05, 3.63) is 58.9 Å². The van der Waals surface area contributed by atoms with E-state index in [1.54, 1.807) is 0 Å². The number of amides is 2. The van der Waals surface area contributed by atoms with Crippen LogP contribution in [0.3, 0.4) is 0 Å². The first kappa shape index (κ1) is 13.6. The lowest BCUT2D eigenvalue weighted by Crippen LogP contribution is -2.31. The molecule has 0 radical (unpaired) electrons. The monoisotopic (exact) mass is 306 g/mol. The normalized spacial score (nSPS) is 13.9. The van der Waals surface area contributed by atoms with Crippen LogP contribution in [-0.4, -0.2) is 38.4 Å². The maximum absolute atomic E-state index is 12.7. The molecule has 1 N–H and O–H groups in total. The van der Waals surface area contributed by atoms with Crippen molar-refractivity contribution in [3.63, 3.8) is 0 Å². The van der Waals surface area contributed by atoms with Crippen LogP contribution in [0.5, 0.6) is 0 Å². The summed E-state index contributed by atoms with van der Waals surface area (Å²) in [5.74, 6) is -0.547. The Morgan fingerprint density at radius 1 is 1.13 bits per heavy atom. The number of nitrogens with zero attached hydrogens (tertiary/aromatic N) is 3. The second kappa shape index (κ2) is 5.01. The van der Waals surface area contributed by atoms with E-state index < -0.39 is 0 Å². The number of pyridine rings is 1. The molecule has 6 nitrogen and oxygen atoms in total. The Kier molecular flexibility index (Phi) is 2.97. The molecule has 1 aliphatic heterocycles. The van der Waals surface area contributed by atoms with Crippen molar-refractivity contribution in [1.29, 1.82) is 0 Å². The first-order valence-electron chi connectivity index (χ1n) is 7.40. The molecule has 0 saturated carbocycles. The minimum atomic E-state index is -0.282. The van der Waals surface area contributed by atoms with E-state index in [-0.39, 0.29) is 11.8 Å². The Balaban J connectivity index is 1.69. The maximum atomic E-state index is 12.7. The van der Waals surface area contributed by atoms with E-state index in [9.17, 15) is 9.59 Å². The largest absolute Gasteiger partial charge is 0.280 e. The van der Waals surface area contributed by atoms with Crippen molar-refractivity contribution in [3.8, 4) is 0 Å². The third-order valence-electron chi connectivity index (χ3n) is 4.16. The number of carbonyl (C=O) groups is 2. The van der Waals surface area contributed by atoms with Crippen LogP contribution in [0.25, 0.3) is 11.0 Å². The van der Waals surface area contributed by atoms with E-state index >= 15 is 0 Å². The van der Waals surface area contributed by atoms with Crippen molar-refractivity contribution >= 4 is 22.8 Å². The van der Waals surface area contributed by atoms with Gasteiger partial charge in [-0.1, -0.05) is 30.3 Å². The van der Waals surface area contributed by atoms with Gasteiger partial charge in [-0.15, -0.1) is 0 Å². The molecule has 2 aromatic heterocycles. The highest BCUT2D eigenvalue weighted by Gasteiger charge is 2.38. The second-order valence-electron chi connectivity index (χ2n) is 5.59. The van der Waals surface area contributed by atoms with Gasteiger partial charge in [0.1, 0.15) is 0 Å². The third kappa shape index (κ3) is 2.03. The molecule has 1 aliphatic rings. The minimum absolute atomic E-state index is 0.266. The van der Waals surface area contributed by atoms with Gasteiger partial charge >= 0.3 is 0 Å². The average Bonchev–Trinajstić information content (AvgIpc) is 3.06. The zero-order valence-corrected chi connectivity index (χ0v) is 12.5. The molecule has 2 amide bonds. The number of hydrogen-bond acceptors (Lipinski definition) is 4. The summed E-state index contributed by atoms with van der Waals surface area (Å²) in [7, 11) is 0. The summed E-state index contributed by atoms with van der Waals surface area (Å²) in [6.45, 7) is 2.18. The van der Waals surface area contributed by atoms with Crippen LogP contribution >= 0.6 is 0 Å². The number of imide groups is 1. The van der Waals surface area contributed by atoms with Crippen LogP contribution in [0.1, 0.15) is 32.0 Å². The van der Waals surface area contributed by atoms with Gasteiger partial charge in [0.2, 0.25) is 0 Å². The van der Waals surface area contributed by atoms with Gasteiger partial charge in [-0.25, -0.2) is 4.98 Å². The van der Waals surface area contributed by atoms with E-state index in [2.05, 4.69) is 15.2 Å². The molecule has 0 spiro atoms. The number of H-pyrrole nitrogens is 1. The quantitative estimate of drug-likeness (QED) is 0.752.